The zero-order valence-corrected chi connectivity index (χ0v) is 23.7. The van der Waals surface area contributed by atoms with Crippen LogP contribution in [0.1, 0.15) is 102 Å². The van der Waals surface area contributed by atoms with Crippen molar-refractivity contribution in [3.8, 4) is 0 Å². The number of hydrogen-bond donors (Lipinski definition) is 0. The summed E-state index contributed by atoms with van der Waals surface area (Å²) in [5.41, 5.74) is 7.52. The highest BCUT2D eigenvalue weighted by molar-refractivity contribution is 6.31. The van der Waals surface area contributed by atoms with Gasteiger partial charge in [-0.15, -0.1) is 11.6 Å². The van der Waals surface area contributed by atoms with Gasteiger partial charge >= 0.3 is 0 Å². The van der Waals surface area contributed by atoms with Gasteiger partial charge < -0.3 is 9.80 Å². The molecule has 0 aliphatic carbocycles. The number of hydrogen-bond acceptors (Lipinski definition) is 2. The highest BCUT2D eigenvalue weighted by Crippen LogP contribution is 2.39. The van der Waals surface area contributed by atoms with E-state index in [0.717, 1.165) is 12.1 Å². The van der Waals surface area contributed by atoms with Crippen molar-refractivity contribution < 1.29 is 0 Å². The summed E-state index contributed by atoms with van der Waals surface area (Å²) < 4.78 is 0. The fraction of sp³-hybridized carbons (Fsp3) is 0.517. The molecule has 0 saturated carbocycles. The summed E-state index contributed by atoms with van der Waals surface area (Å²) >= 11 is 13.2. The third-order valence-electron chi connectivity index (χ3n) is 5.83. The van der Waals surface area contributed by atoms with E-state index in [4.69, 9.17) is 23.2 Å². The molecule has 0 N–H and O–H groups in total. The van der Waals surface area contributed by atoms with Crippen LogP contribution in [0.2, 0.25) is 0 Å². The van der Waals surface area contributed by atoms with Gasteiger partial charge in [-0.1, -0.05) is 117 Å². The fourth-order valence-electron chi connectivity index (χ4n) is 4.18. The summed E-state index contributed by atoms with van der Waals surface area (Å²) in [4.78, 5) is 4.36. The molecule has 2 aromatic rings. The average molecular weight is 492 g/mol. The molecule has 2 aromatic carbocycles. The van der Waals surface area contributed by atoms with Crippen molar-refractivity contribution in [2.24, 2.45) is 0 Å². The summed E-state index contributed by atoms with van der Waals surface area (Å²) in [5.74, 6) is 1.15. The van der Waals surface area contributed by atoms with E-state index in [9.17, 15) is 0 Å². The molecule has 0 unspecified atom stereocenters. The Morgan fingerprint density at radius 1 is 0.818 bits per heavy atom. The number of aryl methyl sites for hydroxylation is 1. The van der Waals surface area contributed by atoms with E-state index in [1.165, 1.54) is 27.9 Å². The highest BCUT2D eigenvalue weighted by Gasteiger charge is 2.24. The average Bonchev–Trinajstić information content (AvgIpc) is 2.79. The molecule has 0 saturated heterocycles. The third-order valence-corrected chi connectivity index (χ3v) is 6.32. The molecular weight excluding hydrogens is 447 g/mol. The quantitative estimate of drug-likeness (QED) is 0.185. The second-order valence-electron chi connectivity index (χ2n) is 9.06. The van der Waals surface area contributed by atoms with Crippen LogP contribution in [0.4, 0.5) is 11.4 Å². The van der Waals surface area contributed by atoms with Crippen LogP contribution >= 0.6 is 23.2 Å². The Balaban J connectivity index is 0.00000265. The lowest BCUT2D eigenvalue weighted by Gasteiger charge is -2.37. The van der Waals surface area contributed by atoms with Crippen LogP contribution in [0.3, 0.4) is 0 Å². The molecule has 0 aliphatic heterocycles. The lowest BCUT2D eigenvalue weighted by Crippen LogP contribution is -2.38. The number of anilines is 2. The van der Waals surface area contributed by atoms with Crippen LogP contribution in [0.15, 0.2) is 48.1 Å². The molecule has 2 rings (SSSR count). The Kier molecular flexibility index (Phi) is 12.4. The zero-order chi connectivity index (χ0) is 25.3. The van der Waals surface area contributed by atoms with E-state index in [1.807, 2.05) is 13.8 Å². The molecular formula is C29H44Cl2N2. The minimum absolute atomic E-state index is 0.370. The maximum atomic E-state index is 6.64. The molecule has 0 heterocycles. The van der Waals surface area contributed by atoms with Crippen LogP contribution in [-0.2, 0) is 6.42 Å². The van der Waals surface area contributed by atoms with Crippen molar-refractivity contribution in [2.45, 2.75) is 86.5 Å². The Bertz CT molecular complexity index is 861. The van der Waals surface area contributed by atoms with E-state index in [0.29, 0.717) is 35.6 Å². The van der Waals surface area contributed by atoms with Crippen molar-refractivity contribution in [3.63, 3.8) is 0 Å². The van der Waals surface area contributed by atoms with Crippen molar-refractivity contribution in [1.29, 1.82) is 0 Å². The molecule has 0 aliphatic rings. The van der Waals surface area contributed by atoms with Gasteiger partial charge in [0.2, 0.25) is 0 Å². The Morgan fingerprint density at radius 3 is 1.61 bits per heavy atom. The number of nitrogens with zero attached hydrogens (tertiary/aromatic N) is 2. The van der Waals surface area contributed by atoms with Crippen LogP contribution in [0.25, 0.3) is 0 Å². The predicted molar refractivity (Wildman–Crippen MR) is 151 cm³/mol. The minimum atomic E-state index is 0.370. The van der Waals surface area contributed by atoms with Crippen LogP contribution in [0, 0.1) is 0 Å². The van der Waals surface area contributed by atoms with Gasteiger partial charge in [-0.2, -0.15) is 0 Å². The van der Waals surface area contributed by atoms with Crippen molar-refractivity contribution in [3.05, 3.63) is 70.4 Å². The number of alkyl halides is 1. The maximum Gasteiger partial charge on any atom is 0.103 e. The summed E-state index contributed by atoms with van der Waals surface area (Å²) in [5, 5.41) is 0.506. The molecule has 184 valence electrons. The first-order chi connectivity index (χ1) is 15.6. The first-order valence-electron chi connectivity index (χ1n) is 12.3. The summed E-state index contributed by atoms with van der Waals surface area (Å²) in [6.45, 7) is 24.2. The Morgan fingerprint density at radius 2 is 1.24 bits per heavy atom. The Hall–Kier alpha value is -1.64. The predicted octanol–water partition coefficient (Wildman–Crippen LogP) is 9.82. The lowest BCUT2D eigenvalue weighted by atomic mass is 9.92. The molecule has 0 amide bonds. The smallest absolute Gasteiger partial charge is 0.103 e. The normalized spacial score (nSPS) is 11.0. The van der Waals surface area contributed by atoms with Crippen molar-refractivity contribution in [1.82, 2.24) is 0 Å². The second-order valence-corrected chi connectivity index (χ2v) is 9.74. The molecule has 4 heteroatoms. The van der Waals surface area contributed by atoms with Gasteiger partial charge in [0.15, 0.2) is 0 Å². The molecule has 0 fully saturated rings. The topological polar surface area (TPSA) is 6.48 Å². The monoisotopic (exact) mass is 490 g/mol. The van der Waals surface area contributed by atoms with Crippen LogP contribution in [0.5, 0.6) is 0 Å². The maximum absolute atomic E-state index is 6.64. The van der Waals surface area contributed by atoms with Gasteiger partial charge in [0.05, 0.1) is 18.4 Å². The van der Waals surface area contributed by atoms with Gasteiger partial charge in [0, 0.05) is 5.69 Å². The number of rotatable bonds is 10. The van der Waals surface area contributed by atoms with Crippen LogP contribution < -0.4 is 9.80 Å². The molecule has 0 radical (unpaired) electrons. The molecule has 33 heavy (non-hydrogen) atoms. The molecule has 0 atom stereocenters. The standard InChI is InChI=1S/C27H38Cl2N2.C2H6/c1-9-22-12-10-13-23(18(2)3)26(22)31(21(8)29)17-30(16-28)27-24(19(4)5)14-11-15-25(27)20(6)7;1-2/h10-15,18-20H,8-9,16-17H2,1-7H3;1-2H3. The largest absolute Gasteiger partial charge is 0.339 e. The summed E-state index contributed by atoms with van der Waals surface area (Å²) in [6, 6.07) is 13.5. The van der Waals surface area contributed by atoms with Crippen molar-refractivity contribution in [2.75, 3.05) is 22.5 Å². The summed E-state index contributed by atoms with van der Waals surface area (Å²) in [7, 11) is 0. The van der Waals surface area contributed by atoms with Crippen molar-refractivity contribution >= 4 is 34.6 Å². The number of benzene rings is 2. The third kappa shape index (κ3) is 7.17. The first-order valence-corrected chi connectivity index (χ1v) is 13.2. The zero-order valence-electron chi connectivity index (χ0n) is 22.2. The number of para-hydroxylation sites is 2. The molecule has 0 aromatic heterocycles. The van der Waals surface area contributed by atoms with Gasteiger partial charge in [0.25, 0.3) is 0 Å². The highest BCUT2D eigenvalue weighted by atomic mass is 35.5. The number of halogens is 2. The van der Waals surface area contributed by atoms with E-state index in [1.54, 1.807) is 0 Å². The molecule has 0 bridgehead atoms. The summed E-state index contributed by atoms with van der Waals surface area (Å²) in [6.07, 6.45) is 0.928. The van der Waals surface area contributed by atoms with E-state index in [-0.39, 0.29) is 0 Å². The molecule has 0 spiro atoms. The van der Waals surface area contributed by atoms with Crippen LogP contribution in [-0.4, -0.2) is 12.7 Å². The van der Waals surface area contributed by atoms with E-state index < -0.39 is 0 Å². The molecule has 2 nitrogen and oxygen atoms in total. The van der Waals surface area contributed by atoms with Gasteiger partial charge in [-0.25, -0.2) is 0 Å². The minimum Gasteiger partial charge on any atom is -0.339 e. The fourth-order valence-corrected chi connectivity index (χ4v) is 4.51. The van der Waals surface area contributed by atoms with Gasteiger partial charge in [-0.05, 0) is 46.4 Å². The van der Waals surface area contributed by atoms with E-state index >= 15 is 0 Å². The second kappa shape index (κ2) is 13.9. The van der Waals surface area contributed by atoms with E-state index in [2.05, 4.69) is 101 Å². The SMILES string of the molecule is C=C(Cl)N(CN(CCl)c1c(C(C)C)cccc1C(C)C)c1c(CC)cccc1C(C)C.CC. The van der Waals surface area contributed by atoms with Gasteiger partial charge in [0.1, 0.15) is 5.16 Å². The first kappa shape index (κ1) is 29.4. The van der Waals surface area contributed by atoms with Gasteiger partial charge in [-0.3, -0.25) is 0 Å². The lowest BCUT2D eigenvalue weighted by molar-refractivity contribution is 0.777. The Labute approximate surface area is 213 Å².